The maximum absolute atomic E-state index is 6.08. The van der Waals surface area contributed by atoms with E-state index in [4.69, 9.17) is 11.6 Å². The molecule has 3 heteroatoms. The first kappa shape index (κ1) is 15.0. The molecule has 17 heavy (non-hydrogen) atoms. The molecule has 0 aliphatic heterocycles. The molecule has 1 N–H and O–H groups in total. The summed E-state index contributed by atoms with van der Waals surface area (Å²) in [4.78, 5) is 0. The standard InChI is InChI=1S/C14H21BrClN/c1-3-4-5-6-7-14(17-2)11-8-12(15)10-13(16)9-11/h8-10,14,17H,3-7H2,1-2H3. The summed E-state index contributed by atoms with van der Waals surface area (Å²) in [5, 5.41) is 4.16. The van der Waals surface area contributed by atoms with E-state index in [1.54, 1.807) is 0 Å². The van der Waals surface area contributed by atoms with Gasteiger partial charge in [-0.05, 0) is 37.2 Å². The molecule has 0 aliphatic rings. The summed E-state index contributed by atoms with van der Waals surface area (Å²) in [5.41, 5.74) is 1.27. The van der Waals surface area contributed by atoms with E-state index in [1.165, 1.54) is 37.7 Å². The van der Waals surface area contributed by atoms with E-state index in [1.807, 2.05) is 19.2 Å². The van der Waals surface area contributed by atoms with E-state index in [0.29, 0.717) is 6.04 Å². The van der Waals surface area contributed by atoms with Gasteiger partial charge in [0, 0.05) is 15.5 Å². The van der Waals surface area contributed by atoms with Crippen LogP contribution in [0.2, 0.25) is 5.02 Å². The van der Waals surface area contributed by atoms with Gasteiger partial charge in [0.05, 0.1) is 0 Å². The van der Waals surface area contributed by atoms with Crippen LogP contribution in [0.1, 0.15) is 50.6 Å². The van der Waals surface area contributed by atoms with E-state index >= 15 is 0 Å². The number of rotatable bonds is 7. The summed E-state index contributed by atoms with van der Waals surface area (Å²) in [6.07, 6.45) is 6.37. The maximum Gasteiger partial charge on any atom is 0.0420 e. The summed E-state index contributed by atoms with van der Waals surface area (Å²) in [6.45, 7) is 2.24. The lowest BCUT2D eigenvalue weighted by molar-refractivity contribution is 0.505. The second-order valence-electron chi connectivity index (χ2n) is 4.39. The molecule has 0 fully saturated rings. The molecular weight excluding hydrogens is 298 g/mol. The van der Waals surface area contributed by atoms with Crippen molar-refractivity contribution in [3.05, 3.63) is 33.3 Å². The van der Waals surface area contributed by atoms with Gasteiger partial charge in [0.2, 0.25) is 0 Å². The number of halogens is 2. The zero-order valence-corrected chi connectivity index (χ0v) is 12.9. The predicted octanol–water partition coefficient (Wildman–Crippen LogP) is 5.33. The Balaban J connectivity index is 2.59. The number of benzene rings is 1. The van der Waals surface area contributed by atoms with Gasteiger partial charge in [-0.2, -0.15) is 0 Å². The number of hydrogen-bond donors (Lipinski definition) is 1. The second kappa shape index (κ2) is 8.12. The fraction of sp³-hybridized carbons (Fsp3) is 0.571. The number of hydrogen-bond acceptors (Lipinski definition) is 1. The predicted molar refractivity (Wildman–Crippen MR) is 79.7 cm³/mol. The van der Waals surface area contributed by atoms with Crippen molar-refractivity contribution in [1.29, 1.82) is 0 Å². The first-order valence-electron chi connectivity index (χ1n) is 6.30. The SMILES string of the molecule is CCCCCCC(NC)c1cc(Cl)cc(Br)c1. The minimum atomic E-state index is 0.404. The lowest BCUT2D eigenvalue weighted by Crippen LogP contribution is -2.16. The van der Waals surface area contributed by atoms with Gasteiger partial charge in [-0.25, -0.2) is 0 Å². The van der Waals surface area contributed by atoms with Gasteiger partial charge in [0.15, 0.2) is 0 Å². The third-order valence-corrected chi connectivity index (χ3v) is 3.66. The Morgan fingerprint density at radius 2 is 2.00 bits per heavy atom. The minimum Gasteiger partial charge on any atom is -0.313 e. The van der Waals surface area contributed by atoms with Crippen LogP contribution < -0.4 is 5.32 Å². The van der Waals surface area contributed by atoms with Crippen LogP contribution in [-0.4, -0.2) is 7.05 Å². The van der Waals surface area contributed by atoms with Crippen LogP contribution in [-0.2, 0) is 0 Å². The van der Waals surface area contributed by atoms with Gasteiger partial charge in [0.1, 0.15) is 0 Å². The Labute approximate surface area is 118 Å². The van der Waals surface area contributed by atoms with Gasteiger partial charge in [-0.1, -0.05) is 60.1 Å². The van der Waals surface area contributed by atoms with Crippen molar-refractivity contribution in [1.82, 2.24) is 5.32 Å². The zero-order valence-electron chi connectivity index (χ0n) is 10.6. The molecule has 0 amide bonds. The van der Waals surface area contributed by atoms with Crippen molar-refractivity contribution < 1.29 is 0 Å². The largest absolute Gasteiger partial charge is 0.313 e. The van der Waals surface area contributed by atoms with Crippen molar-refractivity contribution in [3.8, 4) is 0 Å². The highest BCUT2D eigenvalue weighted by Crippen LogP contribution is 2.26. The van der Waals surface area contributed by atoms with Crippen molar-refractivity contribution in [2.45, 2.75) is 45.1 Å². The molecule has 1 nitrogen and oxygen atoms in total. The minimum absolute atomic E-state index is 0.404. The molecular formula is C14H21BrClN. The molecule has 0 aliphatic carbocycles. The summed E-state index contributed by atoms with van der Waals surface area (Å²) in [6, 6.07) is 6.52. The summed E-state index contributed by atoms with van der Waals surface area (Å²) >= 11 is 9.57. The average Bonchev–Trinajstić information content (AvgIpc) is 2.28. The van der Waals surface area contributed by atoms with Crippen molar-refractivity contribution in [3.63, 3.8) is 0 Å². The fourth-order valence-electron chi connectivity index (χ4n) is 2.03. The average molecular weight is 319 g/mol. The molecule has 0 bridgehead atoms. The van der Waals surface area contributed by atoms with Crippen LogP contribution in [0.5, 0.6) is 0 Å². The fourth-order valence-corrected chi connectivity index (χ4v) is 2.92. The van der Waals surface area contributed by atoms with Crippen LogP contribution in [0.15, 0.2) is 22.7 Å². The van der Waals surface area contributed by atoms with E-state index in [2.05, 4.69) is 34.2 Å². The third-order valence-electron chi connectivity index (χ3n) is 2.98. The monoisotopic (exact) mass is 317 g/mol. The molecule has 0 spiro atoms. The Bertz CT molecular complexity index is 321. The topological polar surface area (TPSA) is 12.0 Å². The van der Waals surface area contributed by atoms with Gasteiger partial charge in [-0.3, -0.25) is 0 Å². The quantitative estimate of drug-likeness (QED) is 0.670. The number of nitrogens with one attached hydrogen (secondary N) is 1. The molecule has 0 heterocycles. The highest BCUT2D eigenvalue weighted by Gasteiger charge is 2.10. The van der Waals surface area contributed by atoms with Crippen molar-refractivity contribution >= 4 is 27.5 Å². The molecule has 1 atom stereocenters. The summed E-state index contributed by atoms with van der Waals surface area (Å²) < 4.78 is 1.05. The maximum atomic E-state index is 6.08. The molecule has 0 saturated heterocycles. The molecule has 1 aromatic carbocycles. The molecule has 96 valence electrons. The van der Waals surface area contributed by atoms with E-state index in [9.17, 15) is 0 Å². The molecule has 1 unspecified atom stereocenters. The Morgan fingerprint density at radius 3 is 2.59 bits per heavy atom. The van der Waals surface area contributed by atoms with Gasteiger partial charge in [-0.15, -0.1) is 0 Å². The van der Waals surface area contributed by atoms with E-state index < -0.39 is 0 Å². The molecule has 0 radical (unpaired) electrons. The summed E-state index contributed by atoms with van der Waals surface area (Å²) in [7, 11) is 2.01. The van der Waals surface area contributed by atoms with Crippen LogP contribution in [0.4, 0.5) is 0 Å². The Kier molecular flexibility index (Phi) is 7.17. The van der Waals surface area contributed by atoms with Crippen LogP contribution in [0.3, 0.4) is 0 Å². The van der Waals surface area contributed by atoms with Crippen LogP contribution in [0, 0.1) is 0 Å². The lowest BCUT2D eigenvalue weighted by atomic mass is 10.0. The number of unbranched alkanes of at least 4 members (excludes halogenated alkanes) is 3. The third kappa shape index (κ3) is 5.41. The van der Waals surface area contributed by atoms with Crippen LogP contribution >= 0.6 is 27.5 Å². The second-order valence-corrected chi connectivity index (χ2v) is 5.75. The lowest BCUT2D eigenvalue weighted by Gasteiger charge is -2.17. The van der Waals surface area contributed by atoms with Gasteiger partial charge < -0.3 is 5.32 Å². The zero-order chi connectivity index (χ0) is 12.7. The van der Waals surface area contributed by atoms with Gasteiger partial charge in [0.25, 0.3) is 0 Å². The van der Waals surface area contributed by atoms with Crippen molar-refractivity contribution in [2.75, 3.05) is 7.05 Å². The van der Waals surface area contributed by atoms with Gasteiger partial charge >= 0.3 is 0 Å². The molecule has 0 saturated carbocycles. The highest BCUT2D eigenvalue weighted by molar-refractivity contribution is 9.10. The van der Waals surface area contributed by atoms with E-state index in [0.717, 1.165) is 9.50 Å². The Morgan fingerprint density at radius 1 is 1.24 bits per heavy atom. The van der Waals surface area contributed by atoms with Crippen LogP contribution in [0.25, 0.3) is 0 Å². The normalized spacial score (nSPS) is 12.7. The Hall–Kier alpha value is -0.0500. The summed E-state index contributed by atoms with van der Waals surface area (Å²) in [5.74, 6) is 0. The van der Waals surface area contributed by atoms with E-state index in [-0.39, 0.29) is 0 Å². The molecule has 1 aromatic rings. The molecule has 0 aromatic heterocycles. The first-order chi connectivity index (χ1) is 8.17. The highest BCUT2D eigenvalue weighted by atomic mass is 79.9. The molecule has 1 rings (SSSR count). The van der Waals surface area contributed by atoms with Crippen molar-refractivity contribution in [2.24, 2.45) is 0 Å². The smallest absolute Gasteiger partial charge is 0.0420 e. The first-order valence-corrected chi connectivity index (χ1v) is 7.47.